The van der Waals surface area contributed by atoms with Crippen LogP contribution in [0.4, 0.5) is 0 Å². The van der Waals surface area contributed by atoms with Crippen LogP contribution in [0.1, 0.15) is 57.8 Å². The lowest BCUT2D eigenvalue weighted by Crippen LogP contribution is -2.52. The van der Waals surface area contributed by atoms with E-state index in [4.69, 9.17) is 5.73 Å². The number of amides is 1. The van der Waals surface area contributed by atoms with Gasteiger partial charge in [-0.15, -0.1) is 0 Å². The van der Waals surface area contributed by atoms with Crippen LogP contribution in [-0.4, -0.2) is 19.0 Å². The van der Waals surface area contributed by atoms with Crippen LogP contribution in [0.15, 0.2) is 0 Å². The van der Waals surface area contributed by atoms with Crippen molar-refractivity contribution in [3.05, 3.63) is 0 Å². The summed E-state index contributed by atoms with van der Waals surface area (Å²) >= 11 is 0. The Morgan fingerprint density at radius 1 is 1.05 bits per heavy atom. The van der Waals surface area contributed by atoms with E-state index < -0.39 is 0 Å². The second kappa shape index (κ2) is 5.26. The molecular formula is C18H30N2O. The molecule has 118 valence electrons. The van der Waals surface area contributed by atoms with Gasteiger partial charge < -0.3 is 11.1 Å². The van der Waals surface area contributed by atoms with Crippen molar-refractivity contribution in [2.24, 2.45) is 40.7 Å². The van der Waals surface area contributed by atoms with Gasteiger partial charge in [0.05, 0.1) is 0 Å². The highest BCUT2D eigenvalue weighted by atomic mass is 16.1. The highest BCUT2D eigenvalue weighted by Crippen LogP contribution is 2.59. The van der Waals surface area contributed by atoms with Gasteiger partial charge in [-0.25, -0.2) is 0 Å². The van der Waals surface area contributed by atoms with Crippen LogP contribution < -0.4 is 11.1 Å². The molecule has 3 heteroatoms. The van der Waals surface area contributed by atoms with E-state index in [0.29, 0.717) is 23.8 Å². The maximum Gasteiger partial charge on any atom is 0.223 e. The molecule has 1 amide bonds. The maximum atomic E-state index is 12.5. The first kappa shape index (κ1) is 14.0. The van der Waals surface area contributed by atoms with Crippen LogP contribution in [-0.2, 0) is 4.79 Å². The van der Waals surface area contributed by atoms with Gasteiger partial charge in [-0.3, -0.25) is 4.79 Å². The van der Waals surface area contributed by atoms with E-state index in [1.165, 1.54) is 44.9 Å². The Bertz CT molecular complexity index is 384. The highest BCUT2D eigenvalue weighted by molar-refractivity contribution is 5.79. The van der Waals surface area contributed by atoms with E-state index in [2.05, 4.69) is 5.32 Å². The Hall–Kier alpha value is -0.570. The second-order valence-corrected chi connectivity index (χ2v) is 8.67. The first-order valence-corrected chi connectivity index (χ1v) is 9.15. The van der Waals surface area contributed by atoms with Crippen molar-refractivity contribution in [3.8, 4) is 0 Å². The molecule has 3 nitrogen and oxygen atoms in total. The standard InChI is InChI=1S/C18H30N2O/c19-10-15-2-1-3-16(15)17(21)20-11-18-7-12-4-13(8-18)6-14(5-12)9-18/h12-16H,1-11,19H2,(H,20,21). The minimum atomic E-state index is 0.198. The maximum absolute atomic E-state index is 12.5. The molecular weight excluding hydrogens is 260 g/mol. The van der Waals surface area contributed by atoms with Crippen molar-refractivity contribution in [2.45, 2.75) is 57.8 Å². The predicted octanol–water partition coefficient (Wildman–Crippen LogP) is 2.69. The van der Waals surface area contributed by atoms with Gasteiger partial charge in [0.15, 0.2) is 0 Å². The van der Waals surface area contributed by atoms with Gasteiger partial charge in [0.2, 0.25) is 5.91 Å². The fraction of sp³-hybridized carbons (Fsp3) is 0.944. The Morgan fingerprint density at radius 2 is 1.67 bits per heavy atom. The molecule has 5 aliphatic carbocycles. The third-order valence-electron chi connectivity index (χ3n) is 7.10. The normalized spacial score (nSPS) is 47.8. The van der Waals surface area contributed by atoms with Gasteiger partial charge in [-0.1, -0.05) is 6.42 Å². The zero-order valence-corrected chi connectivity index (χ0v) is 13.2. The molecule has 5 fully saturated rings. The molecule has 5 rings (SSSR count). The minimum absolute atomic E-state index is 0.198. The smallest absolute Gasteiger partial charge is 0.223 e. The molecule has 0 saturated heterocycles. The van der Waals surface area contributed by atoms with Crippen molar-refractivity contribution < 1.29 is 4.79 Å². The lowest BCUT2D eigenvalue weighted by Gasteiger charge is -2.57. The van der Waals surface area contributed by atoms with Crippen LogP contribution in [0, 0.1) is 35.0 Å². The van der Waals surface area contributed by atoms with Crippen LogP contribution in [0.3, 0.4) is 0 Å². The number of carbonyl (C=O) groups is 1. The number of nitrogens with two attached hydrogens (primary N) is 1. The molecule has 0 aromatic rings. The van der Waals surface area contributed by atoms with E-state index in [1.807, 2.05) is 0 Å². The quantitative estimate of drug-likeness (QED) is 0.836. The Morgan fingerprint density at radius 3 is 2.24 bits per heavy atom. The van der Waals surface area contributed by atoms with Crippen molar-refractivity contribution >= 4 is 5.91 Å². The summed E-state index contributed by atoms with van der Waals surface area (Å²) in [5.41, 5.74) is 6.28. The summed E-state index contributed by atoms with van der Waals surface area (Å²) in [5, 5.41) is 3.35. The summed E-state index contributed by atoms with van der Waals surface area (Å²) in [7, 11) is 0. The number of hydrogen-bond acceptors (Lipinski definition) is 2. The fourth-order valence-corrected chi connectivity index (χ4v) is 6.58. The molecule has 0 aromatic carbocycles. The van der Waals surface area contributed by atoms with Crippen LogP contribution in [0.25, 0.3) is 0 Å². The van der Waals surface area contributed by atoms with Gasteiger partial charge in [0.1, 0.15) is 0 Å². The van der Waals surface area contributed by atoms with Gasteiger partial charge in [0, 0.05) is 12.5 Å². The molecule has 3 N–H and O–H groups in total. The minimum Gasteiger partial charge on any atom is -0.355 e. The molecule has 5 saturated carbocycles. The number of nitrogens with one attached hydrogen (secondary N) is 1. The largest absolute Gasteiger partial charge is 0.355 e. The van der Waals surface area contributed by atoms with E-state index in [1.54, 1.807) is 0 Å². The fourth-order valence-electron chi connectivity index (χ4n) is 6.58. The molecule has 0 aliphatic heterocycles. The van der Waals surface area contributed by atoms with Crippen molar-refractivity contribution in [2.75, 3.05) is 13.1 Å². The average molecular weight is 290 g/mol. The van der Waals surface area contributed by atoms with Crippen molar-refractivity contribution in [3.63, 3.8) is 0 Å². The summed E-state index contributed by atoms with van der Waals surface area (Å²) in [4.78, 5) is 12.5. The number of rotatable bonds is 4. The molecule has 21 heavy (non-hydrogen) atoms. The van der Waals surface area contributed by atoms with E-state index in [9.17, 15) is 4.79 Å². The van der Waals surface area contributed by atoms with Gasteiger partial charge in [0.25, 0.3) is 0 Å². The van der Waals surface area contributed by atoms with Crippen molar-refractivity contribution in [1.82, 2.24) is 5.32 Å². The van der Waals surface area contributed by atoms with Crippen LogP contribution in [0.5, 0.6) is 0 Å². The molecule has 5 aliphatic rings. The lowest BCUT2D eigenvalue weighted by atomic mass is 9.49. The summed E-state index contributed by atoms with van der Waals surface area (Å²) in [6.45, 7) is 1.62. The molecule has 0 heterocycles. The van der Waals surface area contributed by atoms with E-state index in [-0.39, 0.29) is 5.92 Å². The van der Waals surface area contributed by atoms with Gasteiger partial charge in [-0.2, -0.15) is 0 Å². The second-order valence-electron chi connectivity index (χ2n) is 8.67. The number of carbonyl (C=O) groups excluding carboxylic acids is 1. The topological polar surface area (TPSA) is 55.1 Å². The first-order chi connectivity index (χ1) is 10.2. The number of hydrogen-bond donors (Lipinski definition) is 2. The monoisotopic (exact) mass is 290 g/mol. The van der Waals surface area contributed by atoms with E-state index in [0.717, 1.165) is 37.1 Å². The first-order valence-electron chi connectivity index (χ1n) is 9.15. The zero-order valence-electron chi connectivity index (χ0n) is 13.2. The zero-order chi connectivity index (χ0) is 14.4. The summed E-state index contributed by atoms with van der Waals surface area (Å²) in [6.07, 6.45) is 11.9. The predicted molar refractivity (Wildman–Crippen MR) is 83.5 cm³/mol. The molecule has 0 aromatic heterocycles. The Kier molecular flexibility index (Phi) is 3.52. The summed E-state index contributed by atoms with van der Waals surface area (Å²) in [6, 6.07) is 0. The molecule has 2 atom stereocenters. The van der Waals surface area contributed by atoms with Crippen LogP contribution in [0.2, 0.25) is 0 Å². The molecule has 2 unspecified atom stereocenters. The third kappa shape index (κ3) is 2.52. The van der Waals surface area contributed by atoms with E-state index >= 15 is 0 Å². The Balaban J connectivity index is 1.37. The van der Waals surface area contributed by atoms with Gasteiger partial charge in [-0.05, 0) is 87.0 Å². The Labute approximate surface area is 128 Å². The molecule has 4 bridgehead atoms. The highest BCUT2D eigenvalue weighted by Gasteiger charge is 2.51. The van der Waals surface area contributed by atoms with Gasteiger partial charge >= 0.3 is 0 Å². The summed E-state index contributed by atoms with van der Waals surface area (Å²) in [5.74, 6) is 3.84. The molecule has 0 spiro atoms. The van der Waals surface area contributed by atoms with Crippen molar-refractivity contribution in [1.29, 1.82) is 0 Å². The van der Waals surface area contributed by atoms with Crippen LogP contribution >= 0.6 is 0 Å². The third-order valence-corrected chi connectivity index (χ3v) is 7.10. The lowest BCUT2D eigenvalue weighted by molar-refractivity contribution is -0.128. The SMILES string of the molecule is NCC1CCCC1C(=O)NCC12CC3CC(CC(C3)C1)C2. The average Bonchev–Trinajstić information content (AvgIpc) is 2.92. The summed E-state index contributed by atoms with van der Waals surface area (Å²) < 4.78 is 0. The molecule has 0 radical (unpaired) electrons.